The number of hydrogen-bond acceptors (Lipinski definition) is 2. The summed E-state index contributed by atoms with van der Waals surface area (Å²) in [5.41, 5.74) is 1.38. The smallest absolute Gasteiger partial charge is 0.0974 e. The van der Waals surface area contributed by atoms with Gasteiger partial charge in [-0.1, -0.05) is 67.6 Å². The third kappa shape index (κ3) is 3.82. The van der Waals surface area contributed by atoms with Gasteiger partial charge < -0.3 is 10.0 Å². The largest absolute Gasteiger partial charge is 0.384 e. The highest BCUT2D eigenvalue weighted by molar-refractivity contribution is 5.27. The molecule has 2 aromatic rings. The van der Waals surface area contributed by atoms with E-state index in [1.807, 2.05) is 36.4 Å². The van der Waals surface area contributed by atoms with Crippen LogP contribution in [-0.2, 0) is 12.0 Å². The third-order valence-corrected chi connectivity index (χ3v) is 5.14. The Kier molecular flexibility index (Phi) is 5.14. The van der Waals surface area contributed by atoms with Gasteiger partial charge in [0.25, 0.3) is 0 Å². The molecule has 1 aliphatic heterocycles. The number of likely N-dealkylation sites (tertiary alicyclic amines) is 1. The van der Waals surface area contributed by atoms with Crippen molar-refractivity contribution in [2.45, 2.75) is 31.8 Å². The zero-order valence-electron chi connectivity index (χ0n) is 14.0. The molecule has 1 saturated heterocycles. The standard InChI is InChI=1S/C21H27NO/c1-18(17-22-14-8-9-15-22)21(23,20-12-6-3-7-13-20)16-19-10-4-2-5-11-19/h2-7,10-13,18,23H,8-9,14-17H2,1H3. The highest BCUT2D eigenvalue weighted by Gasteiger charge is 2.36. The van der Waals surface area contributed by atoms with Gasteiger partial charge >= 0.3 is 0 Å². The molecular formula is C21H27NO. The van der Waals surface area contributed by atoms with Gasteiger partial charge in [-0.3, -0.25) is 0 Å². The number of hydrogen-bond donors (Lipinski definition) is 1. The normalized spacial score (nSPS) is 19.4. The molecule has 122 valence electrons. The third-order valence-electron chi connectivity index (χ3n) is 5.14. The van der Waals surface area contributed by atoms with E-state index in [1.54, 1.807) is 0 Å². The van der Waals surface area contributed by atoms with Crippen molar-refractivity contribution in [1.29, 1.82) is 0 Å². The van der Waals surface area contributed by atoms with Crippen molar-refractivity contribution in [3.8, 4) is 0 Å². The van der Waals surface area contributed by atoms with E-state index in [0.29, 0.717) is 6.42 Å². The molecule has 0 saturated carbocycles. The summed E-state index contributed by atoms with van der Waals surface area (Å²) in [6, 6.07) is 20.5. The maximum Gasteiger partial charge on any atom is 0.0974 e. The molecule has 0 aliphatic carbocycles. The minimum Gasteiger partial charge on any atom is -0.384 e. The van der Waals surface area contributed by atoms with Gasteiger partial charge in [-0.05, 0) is 37.1 Å². The molecule has 2 unspecified atom stereocenters. The molecule has 2 atom stereocenters. The molecule has 1 N–H and O–H groups in total. The first-order chi connectivity index (χ1) is 11.2. The second kappa shape index (κ2) is 7.29. The summed E-state index contributed by atoms with van der Waals surface area (Å²) in [5.74, 6) is 0.184. The summed E-state index contributed by atoms with van der Waals surface area (Å²) in [6.07, 6.45) is 3.23. The van der Waals surface area contributed by atoms with E-state index in [-0.39, 0.29) is 5.92 Å². The summed E-state index contributed by atoms with van der Waals surface area (Å²) in [6.45, 7) is 5.48. The van der Waals surface area contributed by atoms with Gasteiger partial charge in [0.15, 0.2) is 0 Å². The van der Waals surface area contributed by atoms with Crippen LogP contribution < -0.4 is 0 Å². The highest BCUT2D eigenvalue weighted by Crippen LogP contribution is 2.34. The van der Waals surface area contributed by atoms with Crippen molar-refractivity contribution in [3.05, 3.63) is 71.8 Å². The van der Waals surface area contributed by atoms with E-state index in [9.17, 15) is 5.11 Å². The Bertz CT molecular complexity index is 592. The predicted molar refractivity (Wildman–Crippen MR) is 95.3 cm³/mol. The average Bonchev–Trinajstić information content (AvgIpc) is 3.09. The summed E-state index contributed by atoms with van der Waals surface area (Å²) in [7, 11) is 0. The maximum absolute atomic E-state index is 11.6. The van der Waals surface area contributed by atoms with E-state index >= 15 is 0 Å². The first kappa shape index (κ1) is 16.2. The fourth-order valence-electron chi connectivity index (χ4n) is 3.70. The lowest BCUT2D eigenvalue weighted by atomic mass is 9.77. The Morgan fingerprint density at radius 2 is 1.52 bits per heavy atom. The maximum atomic E-state index is 11.6. The molecule has 0 radical (unpaired) electrons. The van der Waals surface area contributed by atoms with Crippen LogP contribution in [0.1, 0.15) is 30.9 Å². The molecule has 0 aromatic heterocycles. The Labute approximate surface area is 139 Å². The van der Waals surface area contributed by atoms with Gasteiger partial charge in [-0.2, -0.15) is 0 Å². The van der Waals surface area contributed by atoms with Crippen molar-refractivity contribution in [2.75, 3.05) is 19.6 Å². The van der Waals surface area contributed by atoms with E-state index in [2.05, 4.69) is 36.1 Å². The Morgan fingerprint density at radius 3 is 2.13 bits per heavy atom. The predicted octanol–water partition coefficient (Wildman–Crippen LogP) is 3.85. The monoisotopic (exact) mass is 309 g/mol. The van der Waals surface area contributed by atoms with Crippen LogP contribution in [0.4, 0.5) is 0 Å². The molecule has 1 heterocycles. The van der Waals surface area contributed by atoms with Gasteiger partial charge in [-0.25, -0.2) is 0 Å². The van der Waals surface area contributed by atoms with Crippen LogP contribution in [0, 0.1) is 5.92 Å². The molecule has 2 aromatic carbocycles. The van der Waals surface area contributed by atoms with E-state index in [0.717, 1.165) is 12.1 Å². The van der Waals surface area contributed by atoms with Crippen molar-refractivity contribution in [2.24, 2.45) is 5.92 Å². The Morgan fingerprint density at radius 1 is 0.957 bits per heavy atom. The highest BCUT2D eigenvalue weighted by atomic mass is 16.3. The van der Waals surface area contributed by atoms with Crippen LogP contribution >= 0.6 is 0 Å². The van der Waals surface area contributed by atoms with Gasteiger partial charge in [0.1, 0.15) is 0 Å². The molecule has 1 aliphatic rings. The first-order valence-electron chi connectivity index (χ1n) is 8.73. The van der Waals surface area contributed by atoms with Gasteiger partial charge in [0.2, 0.25) is 0 Å². The average molecular weight is 309 g/mol. The summed E-state index contributed by atoms with van der Waals surface area (Å²) < 4.78 is 0. The molecule has 2 heteroatoms. The van der Waals surface area contributed by atoms with Crippen molar-refractivity contribution >= 4 is 0 Å². The lowest BCUT2D eigenvalue weighted by Crippen LogP contribution is -2.42. The van der Waals surface area contributed by atoms with Crippen LogP contribution in [0.5, 0.6) is 0 Å². The molecule has 0 bridgehead atoms. The zero-order valence-corrected chi connectivity index (χ0v) is 14.0. The molecule has 2 nitrogen and oxygen atoms in total. The van der Waals surface area contributed by atoms with Gasteiger partial charge in [-0.15, -0.1) is 0 Å². The topological polar surface area (TPSA) is 23.5 Å². The molecular weight excluding hydrogens is 282 g/mol. The molecule has 23 heavy (non-hydrogen) atoms. The summed E-state index contributed by atoms with van der Waals surface area (Å²) in [5, 5.41) is 11.6. The molecule has 1 fully saturated rings. The number of aliphatic hydroxyl groups is 1. The fourth-order valence-corrected chi connectivity index (χ4v) is 3.70. The first-order valence-corrected chi connectivity index (χ1v) is 8.73. The Hall–Kier alpha value is -1.64. The SMILES string of the molecule is CC(CN1CCCC1)C(O)(Cc1ccccc1)c1ccccc1. The zero-order chi connectivity index (χ0) is 16.1. The second-order valence-electron chi connectivity index (χ2n) is 6.86. The minimum absolute atomic E-state index is 0.184. The second-order valence-corrected chi connectivity index (χ2v) is 6.86. The Balaban J connectivity index is 1.86. The summed E-state index contributed by atoms with van der Waals surface area (Å²) in [4.78, 5) is 2.49. The van der Waals surface area contributed by atoms with Gasteiger partial charge in [0, 0.05) is 18.9 Å². The summed E-state index contributed by atoms with van der Waals surface area (Å²) >= 11 is 0. The van der Waals surface area contributed by atoms with Crippen LogP contribution in [-0.4, -0.2) is 29.6 Å². The van der Waals surface area contributed by atoms with Crippen molar-refractivity contribution in [1.82, 2.24) is 4.90 Å². The number of rotatable bonds is 6. The van der Waals surface area contributed by atoms with Gasteiger partial charge in [0.05, 0.1) is 5.60 Å². The van der Waals surface area contributed by atoms with Crippen LogP contribution in [0.25, 0.3) is 0 Å². The lowest BCUT2D eigenvalue weighted by molar-refractivity contribution is -0.0277. The van der Waals surface area contributed by atoms with Crippen LogP contribution in [0.2, 0.25) is 0 Å². The minimum atomic E-state index is -0.828. The lowest BCUT2D eigenvalue weighted by Gasteiger charge is -2.37. The van der Waals surface area contributed by atoms with Crippen LogP contribution in [0.3, 0.4) is 0 Å². The van der Waals surface area contributed by atoms with Crippen molar-refractivity contribution in [3.63, 3.8) is 0 Å². The molecule has 3 rings (SSSR count). The fraction of sp³-hybridized carbons (Fsp3) is 0.429. The number of nitrogens with zero attached hydrogens (tertiary/aromatic N) is 1. The van der Waals surface area contributed by atoms with E-state index in [1.165, 1.54) is 31.5 Å². The van der Waals surface area contributed by atoms with E-state index < -0.39 is 5.60 Å². The van der Waals surface area contributed by atoms with Crippen LogP contribution in [0.15, 0.2) is 60.7 Å². The number of benzene rings is 2. The molecule has 0 amide bonds. The quantitative estimate of drug-likeness (QED) is 0.876. The molecule has 0 spiro atoms. The van der Waals surface area contributed by atoms with Crippen molar-refractivity contribution < 1.29 is 5.11 Å². The van der Waals surface area contributed by atoms with E-state index in [4.69, 9.17) is 0 Å².